The summed E-state index contributed by atoms with van der Waals surface area (Å²) in [5.74, 6) is -0.133. The van der Waals surface area contributed by atoms with Crippen LogP contribution >= 0.6 is 0 Å². The van der Waals surface area contributed by atoms with E-state index in [0.717, 1.165) is 70.6 Å². The number of rotatable bonds is 18. The van der Waals surface area contributed by atoms with Crippen molar-refractivity contribution in [2.75, 3.05) is 20.8 Å². The highest BCUT2D eigenvalue weighted by Gasteiger charge is 2.17. The summed E-state index contributed by atoms with van der Waals surface area (Å²) in [7, 11) is 3.11. The van der Waals surface area contributed by atoms with Gasteiger partial charge < -0.3 is 19.7 Å². The van der Waals surface area contributed by atoms with Crippen molar-refractivity contribution < 1.29 is 24.5 Å². The summed E-state index contributed by atoms with van der Waals surface area (Å²) in [5, 5.41) is 19.0. The molecule has 25 heavy (non-hydrogen) atoms. The molecule has 0 aromatic carbocycles. The van der Waals surface area contributed by atoms with Crippen molar-refractivity contribution in [1.29, 1.82) is 0 Å². The number of hydrogen-bond acceptors (Lipinski definition) is 5. The summed E-state index contributed by atoms with van der Waals surface area (Å²) < 4.78 is 10.1. The van der Waals surface area contributed by atoms with Gasteiger partial charge in [-0.1, -0.05) is 57.8 Å². The molecule has 0 aliphatic rings. The van der Waals surface area contributed by atoms with Crippen LogP contribution in [0.25, 0.3) is 0 Å². The van der Waals surface area contributed by atoms with Gasteiger partial charge in [-0.3, -0.25) is 4.79 Å². The Labute approximate surface area is 154 Å². The SMILES string of the molecule is COC(=O)CCCCCCCC(O)C(CCCCCCCCO)OC. The largest absolute Gasteiger partial charge is 0.469 e. The molecule has 0 spiro atoms. The molecule has 0 heterocycles. The second-order valence-electron chi connectivity index (χ2n) is 6.86. The summed E-state index contributed by atoms with van der Waals surface area (Å²) >= 11 is 0. The van der Waals surface area contributed by atoms with E-state index in [1.807, 2.05) is 0 Å². The number of carbonyl (C=O) groups is 1. The van der Waals surface area contributed by atoms with E-state index in [-0.39, 0.29) is 18.2 Å². The van der Waals surface area contributed by atoms with E-state index in [1.165, 1.54) is 20.0 Å². The van der Waals surface area contributed by atoms with Crippen LogP contribution in [0.2, 0.25) is 0 Å². The van der Waals surface area contributed by atoms with E-state index < -0.39 is 0 Å². The zero-order chi connectivity index (χ0) is 18.8. The third kappa shape index (κ3) is 15.3. The zero-order valence-corrected chi connectivity index (χ0v) is 16.4. The number of aliphatic hydroxyl groups excluding tert-OH is 2. The van der Waals surface area contributed by atoms with Gasteiger partial charge in [0.25, 0.3) is 0 Å². The first-order chi connectivity index (χ1) is 12.2. The highest BCUT2D eigenvalue weighted by Crippen LogP contribution is 2.17. The Morgan fingerprint density at radius 2 is 1.32 bits per heavy atom. The Kier molecular flexibility index (Phi) is 17.7. The van der Waals surface area contributed by atoms with Gasteiger partial charge in [0.1, 0.15) is 0 Å². The van der Waals surface area contributed by atoms with Crippen LogP contribution in [0.15, 0.2) is 0 Å². The van der Waals surface area contributed by atoms with Gasteiger partial charge in [0.2, 0.25) is 0 Å². The molecule has 5 heteroatoms. The van der Waals surface area contributed by atoms with Crippen molar-refractivity contribution in [3.63, 3.8) is 0 Å². The number of methoxy groups -OCH3 is 2. The van der Waals surface area contributed by atoms with Crippen LogP contribution in [0.5, 0.6) is 0 Å². The standard InChI is InChI=1S/C20H40O5/c1-24-19(15-11-7-3-4-9-13-17-21)18(22)14-10-6-5-8-12-16-20(23)25-2/h18-19,21-22H,3-17H2,1-2H3. The van der Waals surface area contributed by atoms with Crippen LogP contribution in [0, 0.1) is 0 Å². The molecule has 5 nitrogen and oxygen atoms in total. The number of unbranched alkanes of at least 4 members (excludes halogenated alkanes) is 9. The minimum Gasteiger partial charge on any atom is -0.469 e. The molecule has 0 aromatic heterocycles. The average Bonchev–Trinajstić information content (AvgIpc) is 2.62. The normalized spacial score (nSPS) is 13.6. The topological polar surface area (TPSA) is 76.0 Å². The molecule has 0 saturated heterocycles. The van der Waals surface area contributed by atoms with Gasteiger partial charge in [-0.05, 0) is 25.7 Å². The second-order valence-corrected chi connectivity index (χ2v) is 6.86. The van der Waals surface area contributed by atoms with Crippen molar-refractivity contribution in [3.8, 4) is 0 Å². The lowest BCUT2D eigenvalue weighted by molar-refractivity contribution is -0.140. The third-order valence-corrected chi connectivity index (χ3v) is 4.74. The van der Waals surface area contributed by atoms with E-state index in [2.05, 4.69) is 4.74 Å². The molecule has 0 amide bonds. The van der Waals surface area contributed by atoms with Crippen LogP contribution in [0.1, 0.15) is 89.9 Å². The smallest absolute Gasteiger partial charge is 0.305 e. The Morgan fingerprint density at radius 3 is 1.88 bits per heavy atom. The molecule has 0 fully saturated rings. The number of esters is 1. The highest BCUT2D eigenvalue weighted by atomic mass is 16.5. The van der Waals surface area contributed by atoms with Gasteiger partial charge in [0.05, 0.1) is 19.3 Å². The van der Waals surface area contributed by atoms with Crippen molar-refractivity contribution in [3.05, 3.63) is 0 Å². The van der Waals surface area contributed by atoms with E-state index in [0.29, 0.717) is 13.0 Å². The van der Waals surface area contributed by atoms with Crippen molar-refractivity contribution in [2.45, 2.75) is 102 Å². The predicted octanol–water partition coefficient (Wildman–Crippen LogP) is 3.99. The van der Waals surface area contributed by atoms with Crippen molar-refractivity contribution >= 4 is 5.97 Å². The first-order valence-corrected chi connectivity index (χ1v) is 10.0. The lowest BCUT2D eigenvalue weighted by Crippen LogP contribution is -2.27. The average molecular weight is 361 g/mol. The zero-order valence-electron chi connectivity index (χ0n) is 16.4. The molecule has 0 rings (SSSR count). The second kappa shape index (κ2) is 18.2. The summed E-state index contributed by atoms with van der Waals surface area (Å²) in [6, 6.07) is 0. The first-order valence-electron chi connectivity index (χ1n) is 10.0. The maximum Gasteiger partial charge on any atom is 0.305 e. The van der Waals surface area contributed by atoms with Gasteiger partial charge in [0, 0.05) is 20.1 Å². The van der Waals surface area contributed by atoms with Gasteiger partial charge in [-0.25, -0.2) is 0 Å². The van der Waals surface area contributed by atoms with E-state index >= 15 is 0 Å². The molecule has 0 saturated carbocycles. The fourth-order valence-electron chi connectivity index (χ4n) is 3.07. The maximum atomic E-state index is 11.0. The predicted molar refractivity (Wildman–Crippen MR) is 101 cm³/mol. The van der Waals surface area contributed by atoms with Crippen molar-refractivity contribution in [1.82, 2.24) is 0 Å². The quantitative estimate of drug-likeness (QED) is 0.285. The molecular formula is C20H40O5. The fraction of sp³-hybridized carbons (Fsp3) is 0.950. The lowest BCUT2D eigenvalue weighted by Gasteiger charge is -2.21. The highest BCUT2D eigenvalue weighted by molar-refractivity contribution is 5.68. The fourth-order valence-corrected chi connectivity index (χ4v) is 3.07. The number of ether oxygens (including phenoxy) is 2. The van der Waals surface area contributed by atoms with Crippen LogP contribution in [-0.4, -0.2) is 49.2 Å². The lowest BCUT2D eigenvalue weighted by atomic mass is 9.99. The minimum absolute atomic E-state index is 0.0585. The maximum absolute atomic E-state index is 11.0. The van der Waals surface area contributed by atoms with Gasteiger partial charge >= 0.3 is 5.97 Å². The molecule has 0 aliphatic carbocycles. The number of aliphatic hydroxyl groups is 2. The van der Waals surface area contributed by atoms with Crippen LogP contribution < -0.4 is 0 Å². The summed E-state index contributed by atoms with van der Waals surface area (Å²) in [6.07, 6.45) is 13.5. The molecule has 150 valence electrons. The molecule has 0 aromatic rings. The summed E-state index contributed by atoms with van der Waals surface area (Å²) in [4.78, 5) is 11.0. The minimum atomic E-state index is -0.380. The van der Waals surface area contributed by atoms with Gasteiger partial charge in [-0.15, -0.1) is 0 Å². The van der Waals surface area contributed by atoms with Crippen LogP contribution in [0.4, 0.5) is 0 Å². The van der Waals surface area contributed by atoms with Gasteiger partial charge in [-0.2, -0.15) is 0 Å². The Hall–Kier alpha value is -0.650. The van der Waals surface area contributed by atoms with E-state index in [1.54, 1.807) is 7.11 Å². The van der Waals surface area contributed by atoms with E-state index in [4.69, 9.17) is 9.84 Å². The Bertz CT molecular complexity index is 296. The first kappa shape index (κ1) is 24.4. The van der Waals surface area contributed by atoms with Gasteiger partial charge in [0.15, 0.2) is 0 Å². The van der Waals surface area contributed by atoms with Crippen LogP contribution in [-0.2, 0) is 14.3 Å². The molecule has 0 radical (unpaired) electrons. The molecular weight excluding hydrogens is 320 g/mol. The number of carbonyl (C=O) groups excluding carboxylic acids is 1. The molecule has 2 unspecified atom stereocenters. The molecule has 0 bridgehead atoms. The third-order valence-electron chi connectivity index (χ3n) is 4.74. The summed E-state index contributed by atoms with van der Waals surface area (Å²) in [6.45, 7) is 0.295. The molecule has 0 aliphatic heterocycles. The molecule has 2 N–H and O–H groups in total. The number of hydrogen-bond donors (Lipinski definition) is 2. The molecule has 2 atom stereocenters. The van der Waals surface area contributed by atoms with E-state index in [9.17, 15) is 9.90 Å². The summed E-state index contributed by atoms with van der Waals surface area (Å²) in [5.41, 5.74) is 0. The Morgan fingerprint density at radius 1 is 0.800 bits per heavy atom. The Balaban J connectivity index is 3.56. The van der Waals surface area contributed by atoms with Crippen molar-refractivity contribution in [2.24, 2.45) is 0 Å². The monoisotopic (exact) mass is 360 g/mol. The van der Waals surface area contributed by atoms with Crippen LogP contribution in [0.3, 0.4) is 0 Å².